The maximum absolute atomic E-state index is 13.4. The molecule has 0 radical (unpaired) electrons. The fourth-order valence-corrected chi connectivity index (χ4v) is 5.43. The van der Waals surface area contributed by atoms with E-state index in [0.29, 0.717) is 11.7 Å². The number of amides is 2. The number of likely N-dealkylation sites (tertiary alicyclic amines) is 1. The Morgan fingerprint density at radius 1 is 1.09 bits per heavy atom. The van der Waals surface area contributed by atoms with Gasteiger partial charge in [0.25, 0.3) is 0 Å². The number of carbonyl (C=O) groups excluding carboxylic acids is 1. The molecule has 0 unspecified atom stereocenters. The Bertz CT molecular complexity index is 982. The number of methoxy groups -OCH3 is 2. The molecule has 0 bridgehead atoms. The summed E-state index contributed by atoms with van der Waals surface area (Å²) in [6, 6.07) is 8.64. The molecule has 1 saturated carbocycles. The molecule has 1 heterocycles. The van der Waals surface area contributed by atoms with Gasteiger partial charge in [-0.15, -0.1) is 0 Å². The quantitative estimate of drug-likeness (QED) is 0.726. The van der Waals surface area contributed by atoms with E-state index in [2.05, 4.69) is 34.7 Å². The monoisotopic (exact) mass is 445 g/mol. The number of halogens is 2. The van der Waals surface area contributed by atoms with Crippen LogP contribution in [-0.4, -0.2) is 51.3 Å². The third kappa shape index (κ3) is 4.37. The van der Waals surface area contributed by atoms with Crippen molar-refractivity contribution in [2.24, 2.45) is 5.92 Å². The highest BCUT2D eigenvalue weighted by Crippen LogP contribution is 2.49. The van der Waals surface area contributed by atoms with Crippen molar-refractivity contribution in [2.45, 2.75) is 30.7 Å². The highest BCUT2D eigenvalue weighted by Gasteiger charge is 2.50. The molecule has 2 fully saturated rings. The Kier molecular flexibility index (Phi) is 6.24. The van der Waals surface area contributed by atoms with Crippen LogP contribution in [0.5, 0.6) is 11.5 Å². The number of rotatable bonds is 5. The van der Waals surface area contributed by atoms with Gasteiger partial charge in [0.1, 0.15) is 11.6 Å². The van der Waals surface area contributed by atoms with Crippen molar-refractivity contribution < 1.29 is 23.0 Å². The van der Waals surface area contributed by atoms with Crippen LogP contribution in [-0.2, 0) is 5.41 Å². The Morgan fingerprint density at radius 2 is 1.81 bits per heavy atom. The maximum Gasteiger partial charge on any atom is 0.319 e. The number of ether oxygens (including phenoxy) is 2. The van der Waals surface area contributed by atoms with Crippen LogP contribution in [0.3, 0.4) is 0 Å². The number of benzene rings is 2. The summed E-state index contributed by atoms with van der Waals surface area (Å²) >= 11 is 0. The normalized spacial score (nSPS) is 25.2. The van der Waals surface area contributed by atoms with Crippen LogP contribution in [0.2, 0.25) is 0 Å². The molecule has 2 aromatic rings. The number of carbonyl (C=O) groups is 1. The summed E-state index contributed by atoms with van der Waals surface area (Å²) in [7, 11) is 5.39. The average molecular weight is 446 g/mol. The second-order valence-electron chi connectivity index (χ2n) is 8.85. The molecule has 8 heteroatoms. The molecule has 2 N–H and O–H groups in total. The van der Waals surface area contributed by atoms with Crippen LogP contribution in [0.1, 0.15) is 24.8 Å². The third-order valence-electron chi connectivity index (χ3n) is 6.79. The van der Waals surface area contributed by atoms with Crippen molar-refractivity contribution in [1.29, 1.82) is 0 Å². The standard InChI is InChI=1S/C24H29F2N3O3/c1-29-13-16-8-19(27-23(30)28-20-11-17(25)10-18(26)12-20)6-7-24(16,14-29)15-4-5-21(31-2)22(9-15)32-3/h4-5,9-12,16,19H,6-8,13-14H2,1-3H3,(H2,27,28,30)/t16-,19+,24-/m1/s1. The van der Waals surface area contributed by atoms with Gasteiger partial charge in [-0.3, -0.25) is 0 Å². The fourth-order valence-electron chi connectivity index (χ4n) is 5.43. The van der Waals surface area contributed by atoms with Gasteiger partial charge in [0.15, 0.2) is 11.5 Å². The highest BCUT2D eigenvalue weighted by molar-refractivity contribution is 5.89. The first kappa shape index (κ1) is 22.3. The van der Waals surface area contributed by atoms with Crippen molar-refractivity contribution in [3.63, 3.8) is 0 Å². The summed E-state index contributed by atoms with van der Waals surface area (Å²) in [4.78, 5) is 14.8. The van der Waals surface area contributed by atoms with E-state index >= 15 is 0 Å². The molecule has 6 nitrogen and oxygen atoms in total. The average Bonchev–Trinajstić information content (AvgIpc) is 3.08. The minimum absolute atomic E-state index is 0.0156. The van der Waals surface area contributed by atoms with E-state index < -0.39 is 17.7 Å². The third-order valence-corrected chi connectivity index (χ3v) is 6.79. The number of urea groups is 1. The van der Waals surface area contributed by atoms with Gasteiger partial charge in [0, 0.05) is 36.3 Å². The lowest BCUT2D eigenvalue weighted by Gasteiger charge is -2.42. The van der Waals surface area contributed by atoms with Crippen molar-refractivity contribution in [3.8, 4) is 11.5 Å². The number of nitrogens with zero attached hydrogens (tertiary/aromatic N) is 1. The van der Waals surface area contributed by atoms with Crippen LogP contribution in [0.4, 0.5) is 19.3 Å². The number of nitrogens with one attached hydrogen (secondary N) is 2. The van der Waals surface area contributed by atoms with Crippen LogP contribution >= 0.6 is 0 Å². The Labute approximate surface area is 186 Å². The zero-order valence-corrected chi connectivity index (χ0v) is 18.6. The maximum atomic E-state index is 13.4. The van der Waals surface area contributed by atoms with E-state index in [4.69, 9.17) is 9.47 Å². The predicted octanol–water partition coefficient (Wildman–Crippen LogP) is 4.16. The van der Waals surface area contributed by atoms with Gasteiger partial charge in [-0.1, -0.05) is 6.07 Å². The Balaban J connectivity index is 1.47. The second-order valence-corrected chi connectivity index (χ2v) is 8.85. The highest BCUT2D eigenvalue weighted by atomic mass is 19.1. The van der Waals surface area contributed by atoms with Gasteiger partial charge >= 0.3 is 6.03 Å². The van der Waals surface area contributed by atoms with E-state index in [1.807, 2.05) is 6.07 Å². The molecule has 172 valence electrons. The molecule has 3 atom stereocenters. The molecule has 0 spiro atoms. The van der Waals surface area contributed by atoms with E-state index in [1.54, 1.807) is 14.2 Å². The van der Waals surface area contributed by atoms with Crippen molar-refractivity contribution in [1.82, 2.24) is 10.2 Å². The minimum Gasteiger partial charge on any atom is -0.493 e. The number of hydrogen-bond acceptors (Lipinski definition) is 4. The van der Waals surface area contributed by atoms with Crippen molar-refractivity contribution in [3.05, 3.63) is 53.6 Å². The van der Waals surface area contributed by atoms with Crippen molar-refractivity contribution >= 4 is 11.7 Å². The van der Waals surface area contributed by atoms with Crippen molar-refractivity contribution in [2.75, 3.05) is 39.7 Å². The minimum atomic E-state index is -0.730. The molecule has 2 aromatic carbocycles. The molecular weight excluding hydrogens is 416 g/mol. The number of anilines is 1. The number of fused-ring (bicyclic) bond motifs is 1. The lowest BCUT2D eigenvalue weighted by atomic mass is 9.63. The van der Waals surface area contributed by atoms with Crippen LogP contribution in [0.25, 0.3) is 0 Å². The molecule has 1 aliphatic carbocycles. The Hall–Kier alpha value is -2.87. The summed E-state index contributed by atoms with van der Waals surface area (Å²) in [5.74, 6) is 0.320. The molecule has 4 rings (SSSR count). The van der Waals surface area contributed by atoms with Gasteiger partial charge in [0.05, 0.1) is 14.2 Å². The van der Waals surface area contributed by atoms with Gasteiger partial charge in [-0.25, -0.2) is 13.6 Å². The first-order valence-electron chi connectivity index (χ1n) is 10.8. The SMILES string of the molecule is COc1ccc([C@]23CC[C@H](NC(=O)Nc4cc(F)cc(F)c4)C[C@@H]2CN(C)C3)cc1OC. The smallest absolute Gasteiger partial charge is 0.319 e. The molecule has 1 aliphatic heterocycles. The van der Waals surface area contributed by atoms with E-state index in [-0.39, 0.29) is 17.1 Å². The summed E-state index contributed by atoms with van der Waals surface area (Å²) in [6.45, 7) is 1.87. The summed E-state index contributed by atoms with van der Waals surface area (Å²) < 4.78 is 37.7. The molecular formula is C24H29F2N3O3. The zero-order valence-electron chi connectivity index (χ0n) is 18.6. The van der Waals surface area contributed by atoms with Crippen LogP contribution < -0.4 is 20.1 Å². The number of hydrogen-bond donors (Lipinski definition) is 2. The first-order valence-corrected chi connectivity index (χ1v) is 10.8. The second kappa shape index (κ2) is 8.94. The molecule has 0 aromatic heterocycles. The lowest BCUT2D eigenvalue weighted by Crippen LogP contribution is -2.48. The summed E-state index contributed by atoms with van der Waals surface area (Å²) in [6.07, 6.45) is 2.55. The van der Waals surface area contributed by atoms with E-state index in [0.717, 1.165) is 56.3 Å². The van der Waals surface area contributed by atoms with Gasteiger partial charge < -0.3 is 25.0 Å². The number of likely N-dealkylation sites (N-methyl/N-ethyl adjacent to an activating group) is 1. The van der Waals surface area contributed by atoms with Crippen LogP contribution in [0, 0.1) is 17.6 Å². The first-order chi connectivity index (χ1) is 15.3. The van der Waals surface area contributed by atoms with Crippen LogP contribution in [0.15, 0.2) is 36.4 Å². The molecule has 2 amide bonds. The van der Waals surface area contributed by atoms with Gasteiger partial charge in [-0.2, -0.15) is 0 Å². The topological polar surface area (TPSA) is 62.8 Å². The largest absolute Gasteiger partial charge is 0.493 e. The molecule has 1 saturated heterocycles. The lowest BCUT2D eigenvalue weighted by molar-refractivity contribution is 0.197. The van der Waals surface area contributed by atoms with E-state index in [1.165, 1.54) is 5.56 Å². The fraction of sp³-hybridized carbons (Fsp3) is 0.458. The predicted molar refractivity (Wildman–Crippen MR) is 118 cm³/mol. The summed E-state index contributed by atoms with van der Waals surface area (Å²) in [5.41, 5.74) is 1.30. The van der Waals surface area contributed by atoms with E-state index in [9.17, 15) is 13.6 Å². The molecule has 32 heavy (non-hydrogen) atoms. The molecule has 2 aliphatic rings. The zero-order chi connectivity index (χ0) is 22.9. The Morgan fingerprint density at radius 3 is 2.50 bits per heavy atom. The van der Waals surface area contributed by atoms with Gasteiger partial charge in [-0.05, 0) is 62.1 Å². The summed E-state index contributed by atoms with van der Waals surface area (Å²) in [5, 5.41) is 5.52. The van der Waals surface area contributed by atoms with Gasteiger partial charge in [0.2, 0.25) is 0 Å².